The number of primary amides is 1. The van der Waals surface area contributed by atoms with E-state index in [1.54, 1.807) is 7.11 Å². The number of ether oxygens (including phenoxy) is 2. The van der Waals surface area contributed by atoms with Gasteiger partial charge >= 0.3 is 0 Å². The first kappa shape index (κ1) is 16.5. The van der Waals surface area contributed by atoms with E-state index in [1.165, 1.54) is 22.2 Å². The van der Waals surface area contributed by atoms with Crippen LogP contribution in [0.1, 0.15) is 22.9 Å². The molecule has 0 saturated heterocycles. The van der Waals surface area contributed by atoms with Crippen LogP contribution in [0, 0.1) is 0 Å². The average molecular weight is 352 g/mol. The maximum Gasteiger partial charge on any atom is 0.255 e. The zero-order valence-electron chi connectivity index (χ0n) is 14.6. The normalized spacial score (nSPS) is 16.3. The van der Waals surface area contributed by atoms with Gasteiger partial charge < -0.3 is 25.5 Å². The zero-order chi connectivity index (χ0) is 18.1. The number of fused-ring (bicyclic) bond motifs is 3. The van der Waals surface area contributed by atoms with Crippen LogP contribution in [0.25, 0.3) is 10.9 Å². The number of quaternary nitrogens is 1. The van der Waals surface area contributed by atoms with Gasteiger partial charge in [-0.2, -0.15) is 0 Å². The third-order valence-corrected chi connectivity index (χ3v) is 4.87. The van der Waals surface area contributed by atoms with Crippen molar-refractivity contribution in [3.05, 3.63) is 59.3 Å². The monoisotopic (exact) mass is 352 g/mol. The van der Waals surface area contributed by atoms with Gasteiger partial charge in [-0.15, -0.1) is 0 Å². The molecule has 1 aliphatic heterocycles. The number of benzene rings is 2. The molecular formula is C20H22N3O3+. The maximum atomic E-state index is 11.0. The molecule has 0 spiro atoms. The molecule has 1 aliphatic rings. The number of para-hydroxylation sites is 1. The fourth-order valence-electron chi connectivity index (χ4n) is 3.72. The molecule has 5 N–H and O–H groups in total. The lowest BCUT2D eigenvalue weighted by molar-refractivity contribution is -0.690. The lowest BCUT2D eigenvalue weighted by Gasteiger charge is -2.22. The summed E-state index contributed by atoms with van der Waals surface area (Å²) in [7, 11) is 1.59. The van der Waals surface area contributed by atoms with E-state index in [-0.39, 0.29) is 12.6 Å². The molecule has 2 heterocycles. The number of rotatable bonds is 5. The SMILES string of the molecule is COc1cc([C@H]2[NH2+]CCc3c2[nH]c2ccccc32)ccc1OCC(N)=O. The van der Waals surface area contributed by atoms with E-state index >= 15 is 0 Å². The molecular weight excluding hydrogens is 330 g/mol. The first-order chi connectivity index (χ1) is 12.7. The number of amides is 1. The molecule has 134 valence electrons. The summed E-state index contributed by atoms with van der Waals surface area (Å²) in [6, 6.07) is 14.4. The van der Waals surface area contributed by atoms with Crippen LogP contribution in [0.3, 0.4) is 0 Å². The molecule has 6 nitrogen and oxygen atoms in total. The van der Waals surface area contributed by atoms with Crippen LogP contribution in [-0.4, -0.2) is 31.2 Å². The van der Waals surface area contributed by atoms with Crippen molar-refractivity contribution >= 4 is 16.8 Å². The first-order valence-corrected chi connectivity index (χ1v) is 8.69. The fourth-order valence-corrected chi connectivity index (χ4v) is 3.72. The number of carbonyl (C=O) groups is 1. The molecule has 1 amide bonds. The molecule has 1 atom stereocenters. The number of methoxy groups -OCH3 is 1. The van der Waals surface area contributed by atoms with E-state index in [0.29, 0.717) is 11.5 Å². The number of carbonyl (C=O) groups excluding carboxylic acids is 1. The van der Waals surface area contributed by atoms with Gasteiger partial charge in [0.05, 0.1) is 19.3 Å². The highest BCUT2D eigenvalue weighted by atomic mass is 16.5. The summed E-state index contributed by atoms with van der Waals surface area (Å²) in [6.07, 6.45) is 1.05. The van der Waals surface area contributed by atoms with Crippen LogP contribution in [0.5, 0.6) is 11.5 Å². The highest BCUT2D eigenvalue weighted by Crippen LogP contribution is 2.34. The van der Waals surface area contributed by atoms with Gasteiger partial charge in [0.2, 0.25) is 0 Å². The second-order valence-electron chi connectivity index (χ2n) is 6.48. The Morgan fingerprint density at radius 3 is 2.92 bits per heavy atom. The van der Waals surface area contributed by atoms with Gasteiger partial charge in [0.25, 0.3) is 5.91 Å². The van der Waals surface area contributed by atoms with Gasteiger partial charge in [0.15, 0.2) is 24.1 Å². The van der Waals surface area contributed by atoms with Crippen molar-refractivity contribution in [3.63, 3.8) is 0 Å². The van der Waals surface area contributed by atoms with Gasteiger partial charge in [-0.25, -0.2) is 0 Å². The molecule has 1 aromatic heterocycles. The number of hydrogen-bond acceptors (Lipinski definition) is 3. The summed E-state index contributed by atoms with van der Waals surface area (Å²) >= 11 is 0. The maximum absolute atomic E-state index is 11.0. The van der Waals surface area contributed by atoms with Crippen molar-refractivity contribution in [1.82, 2.24) is 4.98 Å². The minimum atomic E-state index is -0.514. The molecule has 0 radical (unpaired) electrons. The van der Waals surface area contributed by atoms with Crippen LogP contribution in [0.15, 0.2) is 42.5 Å². The van der Waals surface area contributed by atoms with Crippen LogP contribution in [-0.2, 0) is 11.2 Å². The Morgan fingerprint density at radius 2 is 2.12 bits per heavy atom. The molecule has 0 saturated carbocycles. The van der Waals surface area contributed by atoms with Crippen molar-refractivity contribution in [2.45, 2.75) is 12.5 Å². The van der Waals surface area contributed by atoms with Crippen molar-refractivity contribution in [3.8, 4) is 11.5 Å². The van der Waals surface area contributed by atoms with E-state index in [1.807, 2.05) is 18.2 Å². The summed E-state index contributed by atoms with van der Waals surface area (Å²) < 4.78 is 10.9. The van der Waals surface area contributed by atoms with Gasteiger partial charge in [-0.05, 0) is 29.8 Å². The van der Waals surface area contributed by atoms with E-state index < -0.39 is 5.91 Å². The second-order valence-corrected chi connectivity index (χ2v) is 6.48. The summed E-state index contributed by atoms with van der Waals surface area (Å²) in [4.78, 5) is 14.5. The van der Waals surface area contributed by atoms with E-state index in [4.69, 9.17) is 15.2 Å². The van der Waals surface area contributed by atoms with E-state index in [2.05, 4.69) is 34.6 Å². The zero-order valence-corrected chi connectivity index (χ0v) is 14.6. The standard InChI is InChI=1S/C20H21N3O3/c1-25-17-10-12(6-7-16(17)26-11-18(21)24)19-20-14(8-9-22-19)13-4-2-3-5-15(13)23-20/h2-7,10,19,22-23H,8-9,11H2,1H3,(H2,21,24)/p+1/t19-/m1/s1. The minimum absolute atomic E-state index is 0.169. The Labute approximate surface area is 151 Å². The Balaban J connectivity index is 1.71. The minimum Gasteiger partial charge on any atom is -0.493 e. The van der Waals surface area contributed by atoms with Crippen LogP contribution < -0.4 is 20.5 Å². The molecule has 0 fully saturated rings. The Hall–Kier alpha value is -2.99. The van der Waals surface area contributed by atoms with Gasteiger partial charge in [0.1, 0.15) is 0 Å². The quantitative estimate of drug-likeness (QED) is 0.645. The van der Waals surface area contributed by atoms with Crippen molar-refractivity contribution < 1.29 is 19.6 Å². The number of H-pyrrole nitrogens is 1. The molecule has 6 heteroatoms. The number of aromatic nitrogens is 1. The van der Waals surface area contributed by atoms with Crippen molar-refractivity contribution in [1.29, 1.82) is 0 Å². The summed E-state index contributed by atoms with van der Waals surface area (Å²) in [5.41, 5.74) is 10.1. The molecule has 0 bridgehead atoms. The van der Waals surface area contributed by atoms with Crippen LogP contribution in [0.4, 0.5) is 0 Å². The second kappa shape index (κ2) is 6.72. The number of nitrogens with one attached hydrogen (secondary N) is 1. The number of nitrogens with two attached hydrogens (primary N) is 2. The van der Waals surface area contributed by atoms with Crippen LogP contribution in [0.2, 0.25) is 0 Å². The third kappa shape index (κ3) is 2.88. The number of hydrogen-bond donors (Lipinski definition) is 3. The predicted octanol–water partition coefficient (Wildman–Crippen LogP) is 1.25. The first-order valence-electron chi connectivity index (χ1n) is 8.69. The predicted molar refractivity (Wildman–Crippen MR) is 98.3 cm³/mol. The van der Waals surface area contributed by atoms with Crippen LogP contribution >= 0.6 is 0 Å². The lowest BCUT2D eigenvalue weighted by Crippen LogP contribution is -2.87. The van der Waals surface area contributed by atoms with Crippen molar-refractivity contribution in [2.75, 3.05) is 20.3 Å². The molecule has 4 rings (SSSR count). The summed E-state index contributed by atoms with van der Waals surface area (Å²) in [6.45, 7) is 0.860. The van der Waals surface area contributed by atoms with Gasteiger partial charge in [-0.3, -0.25) is 4.79 Å². The number of aromatic amines is 1. The van der Waals surface area contributed by atoms with Crippen molar-refractivity contribution in [2.24, 2.45) is 5.73 Å². The lowest BCUT2D eigenvalue weighted by atomic mass is 9.94. The summed E-state index contributed by atoms with van der Waals surface area (Å²) in [5.74, 6) is 0.600. The Bertz CT molecular complexity index is 964. The largest absolute Gasteiger partial charge is 0.493 e. The molecule has 2 aromatic carbocycles. The van der Waals surface area contributed by atoms with Gasteiger partial charge in [0, 0.05) is 22.9 Å². The average Bonchev–Trinajstić information content (AvgIpc) is 3.05. The fraction of sp³-hybridized carbons (Fsp3) is 0.250. The molecule has 3 aromatic rings. The molecule has 26 heavy (non-hydrogen) atoms. The van der Waals surface area contributed by atoms with Gasteiger partial charge in [-0.1, -0.05) is 18.2 Å². The van der Waals surface area contributed by atoms with E-state index in [0.717, 1.165) is 18.5 Å². The summed E-state index contributed by atoms with van der Waals surface area (Å²) in [5, 5.41) is 3.63. The molecule has 0 aliphatic carbocycles. The highest BCUT2D eigenvalue weighted by molar-refractivity contribution is 5.85. The Kier molecular flexibility index (Phi) is 4.26. The smallest absolute Gasteiger partial charge is 0.255 e. The Morgan fingerprint density at radius 1 is 1.27 bits per heavy atom. The van der Waals surface area contributed by atoms with E-state index in [9.17, 15) is 4.79 Å². The molecule has 0 unspecified atom stereocenters. The highest BCUT2D eigenvalue weighted by Gasteiger charge is 2.29. The third-order valence-electron chi connectivity index (χ3n) is 4.87. The topological polar surface area (TPSA) is 93.9 Å².